The Morgan fingerprint density at radius 2 is 1.94 bits per heavy atom. The molecular weight excluding hydrogens is 228 g/mol. The van der Waals surface area contributed by atoms with Crippen molar-refractivity contribution in [2.45, 2.75) is 38.3 Å². The van der Waals surface area contributed by atoms with Crippen molar-refractivity contribution in [3.63, 3.8) is 0 Å². The van der Waals surface area contributed by atoms with E-state index in [1.165, 1.54) is 5.56 Å². The number of hydrogen-bond acceptors (Lipinski definition) is 4. The molecule has 0 fully saturated rings. The monoisotopic (exact) mass is 252 g/mol. The average Bonchev–Trinajstić information content (AvgIpc) is 2.43. The van der Waals surface area contributed by atoms with Crippen molar-refractivity contribution < 1.29 is 9.47 Å². The first-order chi connectivity index (χ1) is 8.71. The number of benzene rings is 1. The zero-order chi connectivity index (χ0) is 13.4. The topological polar surface area (TPSA) is 56.5 Å². The molecule has 0 saturated heterocycles. The summed E-state index contributed by atoms with van der Waals surface area (Å²) in [6.45, 7) is 2.07. The summed E-state index contributed by atoms with van der Waals surface area (Å²) in [4.78, 5) is 0. The Labute approximate surface area is 109 Å². The molecule has 1 aromatic carbocycles. The van der Waals surface area contributed by atoms with Crippen LogP contribution >= 0.6 is 0 Å². The molecule has 2 unspecified atom stereocenters. The number of hydrazine groups is 1. The third kappa shape index (κ3) is 4.64. The van der Waals surface area contributed by atoms with E-state index in [1.807, 2.05) is 18.2 Å². The lowest BCUT2D eigenvalue weighted by Gasteiger charge is -2.19. The van der Waals surface area contributed by atoms with E-state index in [4.69, 9.17) is 15.3 Å². The number of nitrogens with two attached hydrogens (primary N) is 1. The van der Waals surface area contributed by atoms with Crippen LogP contribution in [0.1, 0.15) is 25.3 Å². The maximum Gasteiger partial charge on any atom is 0.122 e. The smallest absolute Gasteiger partial charge is 0.122 e. The predicted molar refractivity (Wildman–Crippen MR) is 73.5 cm³/mol. The fraction of sp³-hybridized carbons (Fsp3) is 0.571. The Morgan fingerprint density at radius 1 is 1.22 bits per heavy atom. The highest BCUT2D eigenvalue weighted by Gasteiger charge is 2.12. The van der Waals surface area contributed by atoms with Crippen LogP contribution in [0.4, 0.5) is 0 Å². The molecule has 0 amide bonds. The quantitative estimate of drug-likeness (QED) is 0.548. The average molecular weight is 252 g/mol. The molecule has 0 spiro atoms. The third-order valence-corrected chi connectivity index (χ3v) is 3.22. The standard InChI is InChI=1S/C14H24N2O2/c1-11(17-2)8-9-13(16-15)10-12-6-4-5-7-14(12)18-3/h4-7,11,13,16H,8-10,15H2,1-3H3. The maximum absolute atomic E-state index is 5.61. The highest BCUT2D eigenvalue weighted by atomic mass is 16.5. The molecule has 1 aromatic rings. The fourth-order valence-electron chi connectivity index (χ4n) is 1.94. The zero-order valence-corrected chi connectivity index (χ0v) is 11.5. The lowest BCUT2D eigenvalue weighted by atomic mass is 10.0. The highest BCUT2D eigenvalue weighted by Crippen LogP contribution is 2.20. The van der Waals surface area contributed by atoms with Crippen LogP contribution < -0.4 is 16.0 Å². The molecule has 1 rings (SSSR count). The van der Waals surface area contributed by atoms with E-state index in [9.17, 15) is 0 Å². The van der Waals surface area contributed by atoms with Gasteiger partial charge in [0.2, 0.25) is 0 Å². The SMILES string of the molecule is COc1ccccc1CC(CCC(C)OC)NN. The van der Waals surface area contributed by atoms with Gasteiger partial charge in [0.05, 0.1) is 13.2 Å². The van der Waals surface area contributed by atoms with Gasteiger partial charge in [-0.2, -0.15) is 0 Å². The number of rotatable bonds is 8. The summed E-state index contributed by atoms with van der Waals surface area (Å²) in [6, 6.07) is 8.27. The lowest BCUT2D eigenvalue weighted by molar-refractivity contribution is 0.106. The fourth-order valence-corrected chi connectivity index (χ4v) is 1.94. The van der Waals surface area contributed by atoms with Gasteiger partial charge in [-0.15, -0.1) is 0 Å². The van der Waals surface area contributed by atoms with Gasteiger partial charge in [0.1, 0.15) is 5.75 Å². The van der Waals surface area contributed by atoms with Crippen LogP contribution in [0.3, 0.4) is 0 Å². The molecule has 0 aromatic heterocycles. The van der Waals surface area contributed by atoms with Crippen molar-refractivity contribution in [1.29, 1.82) is 0 Å². The van der Waals surface area contributed by atoms with Crippen LogP contribution in [-0.4, -0.2) is 26.4 Å². The van der Waals surface area contributed by atoms with E-state index in [1.54, 1.807) is 14.2 Å². The van der Waals surface area contributed by atoms with Gasteiger partial charge in [0, 0.05) is 13.2 Å². The third-order valence-electron chi connectivity index (χ3n) is 3.22. The zero-order valence-electron chi connectivity index (χ0n) is 11.5. The molecule has 4 heteroatoms. The number of methoxy groups -OCH3 is 2. The van der Waals surface area contributed by atoms with Crippen LogP contribution in [0.2, 0.25) is 0 Å². The number of hydrogen-bond donors (Lipinski definition) is 2. The molecule has 2 atom stereocenters. The summed E-state index contributed by atoms with van der Waals surface area (Å²) in [6.07, 6.45) is 3.08. The minimum Gasteiger partial charge on any atom is -0.496 e. The molecule has 0 bridgehead atoms. The number of ether oxygens (including phenoxy) is 2. The summed E-state index contributed by atoms with van der Waals surface area (Å²) in [7, 11) is 3.42. The largest absolute Gasteiger partial charge is 0.496 e. The highest BCUT2D eigenvalue weighted by molar-refractivity contribution is 5.33. The first kappa shape index (κ1) is 15.0. The van der Waals surface area contributed by atoms with Crippen molar-refractivity contribution in [1.82, 2.24) is 5.43 Å². The first-order valence-corrected chi connectivity index (χ1v) is 6.32. The molecule has 0 aliphatic heterocycles. The normalized spacial score (nSPS) is 14.2. The van der Waals surface area contributed by atoms with Gasteiger partial charge >= 0.3 is 0 Å². The molecule has 0 heterocycles. The van der Waals surface area contributed by atoms with Crippen molar-refractivity contribution in [3.05, 3.63) is 29.8 Å². The molecule has 102 valence electrons. The van der Waals surface area contributed by atoms with E-state index < -0.39 is 0 Å². The van der Waals surface area contributed by atoms with Gasteiger partial charge in [-0.1, -0.05) is 18.2 Å². The van der Waals surface area contributed by atoms with E-state index in [0.29, 0.717) is 0 Å². The summed E-state index contributed by atoms with van der Waals surface area (Å²) >= 11 is 0. The lowest BCUT2D eigenvalue weighted by Crippen LogP contribution is -2.37. The summed E-state index contributed by atoms with van der Waals surface area (Å²) in [5, 5.41) is 0. The summed E-state index contributed by atoms with van der Waals surface area (Å²) in [5.74, 6) is 6.52. The Morgan fingerprint density at radius 3 is 2.56 bits per heavy atom. The van der Waals surface area contributed by atoms with Crippen LogP contribution in [0.5, 0.6) is 5.75 Å². The van der Waals surface area contributed by atoms with Crippen LogP contribution in [-0.2, 0) is 11.2 Å². The summed E-state index contributed by atoms with van der Waals surface area (Å²) < 4.78 is 10.6. The number of nitrogens with one attached hydrogen (secondary N) is 1. The second-order valence-electron chi connectivity index (χ2n) is 4.50. The Bertz CT molecular complexity index is 344. The Balaban J connectivity index is 2.56. The molecule has 0 aliphatic carbocycles. The van der Waals surface area contributed by atoms with E-state index >= 15 is 0 Å². The van der Waals surface area contributed by atoms with Crippen molar-refractivity contribution >= 4 is 0 Å². The van der Waals surface area contributed by atoms with E-state index in [-0.39, 0.29) is 12.1 Å². The molecule has 0 saturated carbocycles. The van der Waals surface area contributed by atoms with E-state index in [0.717, 1.165) is 25.0 Å². The van der Waals surface area contributed by atoms with Gasteiger partial charge in [-0.25, -0.2) is 0 Å². The second-order valence-corrected chi connectivity index (χ2v) is 4.50. The van der Waals surface area contributed by atoms with Gasteiger partial charge in [-0.05, 0) is 37.8 Å². The molecular formula is C14H24N2O2. The molecule has 18 heavy (non-hydrogen) atoms. The van der Waals surface area contributed by atoms with Gasteiger partial charge in [-0.3, -0.25) is 11.3 Å². The molecule has 0 aliphatic rings. The molecule has 4 nitrogen and oxygen atoms in total. The minimum atomic E-state index is 0.235. The van der Waals surface area contributed by atoms with Crippen LogP contribution in [0, 0.1) is 0 Å². The summed E-state index contributed by atoms with van der Waals surface area (Å²) in [5.41, 5.74) is 4.04. The van der Waals surface area contributed by atoms with Crippen molar-refractivity contribution in [3.8, 4) is 5.75 Å². The van der Waals surface area contributed by atoms with Gasteiger partial charge in [0.15, 0.2) is 0 Å². The predicted octanol–water partition coefficient (Wildman–Crippen LogP) is 1.88. The Hall–Kier alpha value is -1.10. The molecule has 3 N–H and O–H groups in total. The maximum atomic E-state index is 5.61. The number of para-hydroxylation sites is 1. The van der Waals surface area contributed by atoms with Gasteiger partial charge in [0.25, 0.3) is 0 Å². The van der Waals surface area contributed by atoms with E-state index in [2.05, 4.69) is 18.4 Å². The molecule has 0 radical (unpaired) electrons. The van der Waals surface area contributed by atoms with Crippen molar-refractivity contribution in [2.75, 3.05) is 14.2 Å². The van der Waals surface area contributed by atoms with Gasteiger partial charge < -0.3 is 9.47 Å². The second kappa shape index (κ2) is 8.08. The minimum absolute atomic E-state index is 0.235. The van der Waals surface area contributed by atoms with Crippen molar-refractivity contribution in [2.24, 2.45) is 5.84 Å². The van der Waals surface area contributed by atoms with Crippen LogP contribution in [0.25, 0.3) is 0 Å². The first-order valence-electron chi connectivity index (χ1n) is 6.32. The Kier molecular flexibility index (Phi) is 6.72. The van der Waals surface area contributed by atoms with Crippen LogP contribution in [0.15, 0.2) is 24.3 Å².